The average Bonchev–Trinajstić information content (AvgIpc) is 3.47. The summed E-state index contributed by atoms with van der Waals surface area (Å²) in [5, 5.41) is 21.7. The maximum atomic E-state index is 13.4. The number of anilines is 1. The van der Waals surface area contributed by atoms with Crippen molar-refractivity contribution >= 4 is 17.3 Å². The summed E-state index contributed by atoms with van der Waals surface area (Å²) in [6.45, 7) is -0.273. The van der Waals surface area contributed by atoms with Gasteiger partial charge in [0, 0.05) is 24.5 Å². The molecule has 0 spiro atoms. The molecule has 10 nitrogen and oxygen atoms in total. The third-order valence-electron chi connectivity index (χ3n) is 4.83. The van der Waals surface area contributed by atoms with E-state index in [0.717, 1.165) is 30.3 Å². The smallest absolute Gasteiger partial charge is 0.416 e. The van der Waals surface area contributed by atoms with Gasteiger partial charge in [0.15, 0.2) is 12.4 Å². The quantitative estimate of drug-likeness (QED) is 0.215. The van der Waals surface area contributed by atoms with Crippen LogP contribution in [0.3, 0.4) is 0 Å². The number of rotatable bonds is 8. The molecular weight excluding hydrogens is 488 g/mol. The van der Waals surface area contributed by atoms with Gasteiger partial charge in [-0.15, -0.1) is 0 Å². The van der Waals surface area contributed by atoms with Crippen LogP contribution >= 0.6 is 0 Å². The lowest BCUT2D eigenvalue weighted by Gasteiger charge is -2.08. The molecule has 1 amide bonds. The standard InChI is InChI=1S/C22H16F4N6O4/c23-16-4-5-19(32(34)35)20(9-16)36-13-30-7-6-18(29-30)21(33)28-17-10-27-31(12-17)11-14-2-1-3-15(8-14)22(24,25)26/h1-10,12H,11,13H2,(H,28,33). The lowest BCUT2D eigenvalue weighted by Crippen LogP contribution is -2.14. The molecule has 0 bridgehead atoms. The fourth-order valence-corrected chi connectivity index (χ4v) is 3.19. The number of nitro benzene ring substituents is 1. The van der Waals surface area contributed by atoms with Gasteiger partial charge in [-0.2, -0.15) is 23.4 Å². The van der Waals surface area contributed by atoms with Gasteiger partial charge < -0.3 is 10.1 Å². The van der Waals surface area contributed by atoms with Gasteiger partial charge in [-0.1, -0.05) is 12.1 Å². The van der Waals surface area contributed by atoms with E-state index in [1.54, 1.807) is 0 Å². The number of hydrogen-bond acceptors (Lipinski definition) is 6. The van der Waals surface area contributed by atoms with Crippen molar-refractivity contribution in [2.75, 3.05) is 5.32 Å². The van der Waals surface area contributed by atoms with E-state index < -0.39 is 34.1 Å². The zero-order valence-corrected chi connectivity index (χ0v) is 18.1. The summed E-state index contributed by atoms with van der Waals surface area (Å²) in [6, 6.07) is 8.97. The van der Waals surface area contributed by atoms with Crippen LogP contribution in [0, 0.1) is 15.9 Å². The van der Waals surface area contributed by atoms with Crippen LogP contribution in [0.5, 0.6) is 5.75 Å². The zero-order chi connectivity index (χ0) is 25.9. The molecule has 0 radical (unpaired) electrons. The fraction of sp³-hybridized carbons (Fsp3) is 0.136. The molecule has 0 fully saturated rings. The predicted octanol–water partition coefficient (Wildman–Crippen LogP) is 4.48. The van der Waals surface area contributed by atoms with Gasteiger partial charge in [-0.3, -0.25) is 19.6 Å². The molecule has 0 aliphatic rings. The van der Waals surface area contributed by atoms with E-state index in [0.29, 0.717) is 5.56 Å². The number of benzene rings is 2. The first kappa shape index (κ1) is 24.4. The molecule has 0 saturated carbocycles. The van der Waals surface area contributed by atoms with Crippen LogP contribution in [0.2, 0.25) is 0 Å². The number of amides is 1. The Hall–Kier alpha value is -4.75. The summed E-state index contributed by atoms with van der Waals surface area (Å²) in [5.74, 6) is -1.62. The van der Waals surface area contributed by atoms with Crippen LogP contribution in [0.25, 0.3) is 0 Å². The first-order valence-corrected chi connectivity index (χ1v) is 10.2. The van der Waals surface area contributed by atoms with Gasteiger partial charge in [0.2, 0.25) is 5.75 Å². The van der Waals surface area contributed by atoms with Gasteiger partial charge in [-0.05, 0) is 29.8 Å². The molecule has 0 aliphatic heterocycles. The van der Waals surface area contributed by atoms with Crippen LogP contribution in [-0.2, 0) is 19.5 Å². The number of halogens is 4. The highest BCUT2D eigenvalue weighted by Crippen LogP contribution is 2.30. The van der Waals surface area contributed by atoms with Crippen LogP contribution in [-0.4, -0.2) is 30.4 Å². The highest BCUT2D eigenvalue weighted by molar-refractivity contribution is 6.02. The third-order valence-corrected chi connectivity index (χ3v) is 4.83. The number of carbonyl (C=O) groups excluding carboxylic acids is 1. The Bertz CT molecular complexity index is 1420. The summed E-state index contributed by atoms with van der Waals surface area (Å²) < 4.78 is 59.9. The Morgan fingerprint density at radius 2 is 1.94 bits per heavy atom. The maximum Gasteiger partial charge on any atom is 0.416 e. The van der Waals surface area contributed by atoms with Crippen molar-refractivity contribution in [3.63, 3.8) is 0 Å². The van der Waals surface area contributed by atoms with E-state index in [-0.39, 0.29) is 30.4 Å². The summed E-state index contributed by atoms with van der Waals surface area (Å²) >= 11 is 0. The molecule has 2 heterocycles. The molecule has 4 rings (SSSR count). The minimum absolute atomic E-state index is 0.0158. The third kappa shape index (κ3) is 5.84. The number of nitrogens with zero attached hydrogens (tertiary/aromatic N) is 5. The summed E-state index contributed by atoms with van der Waals surface area (Å²) in [4.78, 5) is 22.8. The summed E-state index contributed by atoms with van der Waals surface area (Å²) in [7, 11) is 0. The molecule has 0 atom stereocenters. The molecule has 0 saturated heterocycles. The highest BCUT2D eigenvalue weighted by atomic mass is 19.4. The molecule has 0 aliphatic carbocycles. The van der Waals surface area contributed by atoms with Crippen LogP contribution in [0.4, 0.5) is 28.9 Å². The van der Waals surface area contributed by atoms with E-state index in [4.69, 9.17) is 4.74 Å². The maximum absolute atomic E-state index is 13.4. The highest BCUT2D eigenvalue weighted by Gasteiger charge is 2.30. The SMILES string of the molecule is O=C(Nc1cnn(Cc2cccc(C(F)(F)F)c2)c1)c1ccn(COc2cc(F)ccc2[N+](=O)[O-])n1. The second-order valence-corrected chi connectivity index (χ2v) is 7.46. The predicted molar refractivity (Wildman–Crippen MR) is 117 cm³/mol. The lowest BCUT2D eigenvalue weighted by atomic mass is 10.1. The number of nitrogens with one attached hydrogen (secondary N) is 1. The molecule has 14 heteroatoms. The average molecular weight is 504 g/mol. The van der Waals surface area contributed by atoms with Crippen LogP contribution in [0.1, 0.15) is 21.6 Å². The second kappa shape index (κ2) is 9.85. The molecule has 0 unspecified atom stereocenters. The van der Waals surface area contributed by atoms with E-state index in [2.05, 4.69) is 15.5 Å². The molecule has 4 aromatic rings. The molecular formula is C22H16F4N6O4. The molecule has 2 aromatic carbocycles. The van der Waals surface area contributed by atoms with Gasteiger partial charge in [0.25, 0.3) is 5.91 Å². The Balaban J connectivity index is 1.36. The summed E-state index contributed by atoms with van der Waals surface area (Å²) in [6.07, 6.45) is -0.299. The van der Waals surface area contributed by atoms with E-state index in [1.807, 2.05) is 0 Å². The number of ether oxygens (including phenoxy) is 1. The lowest BCUT2D eigenvalue weighted by molar-refractivity contribution is -0.386. The van der Waals surface area contributed by atoms with Gasteiger partial charge in [0.05, 0.1) is 28.9 Å². The molecule has 2 aromatic heterocycles. The first-order valence-electron chi connectivity index (χ1n) is 10.2. The van der Waals surface area contributed by atoms with Crippen molar-refractivity contribution < 1.29 is 32.0 Å². The minimum Gasteiger partial charge on any atom is -0.464 e. The van der Waals surface area contributed by atoms with Gasteiger partial charge in [-0.25, -0.2) is 9.07 Å². The van der Waals surface area contributed by atoms with E-state index in [1.165, 1.54) is 46.2 Å². The van der Waals surface area contributed by atoms with Crippen molar-refractivity contribution in [3.8, 4) is 5.75 Å². The first-order chi connectivity index (χ1) is 17.1. The normalized spacial score (nSPS) is 11.3. The van der Waals surface area contributed by atoms with E-state index >= 15 is 0 Å². The molecule has 1 N–H and O–H groups in total. The fourth-order valence-electron chi connectivity index (χ4n) is 3.19. The Labute approximate surface area is 199 Å². The molecule has 186 valence electrons. The van der Waals surface area contributed by atoms with Gasteiger partial charge in [0.1, 0.15) is 5.82 Å². The zero-order valence-electron chi connectivity index (χ0n) is 18.1. The number of alkyl halides is 3. The number of hydrogen-bond donors (Lipinski definition) is 1. The van der Waals surface area contributed by atoms with Gasteiger partial charge >= 0.3 is 11.9 Å². The monoisotopic (exact) mass is 504 g/mol. The Kier molecular flexibility index (Phi) is 6.67. The largest absolute Gasteiger partial charge is 0.464 e. The van der Waals surface area contributed by atoms with Crippen molar-refractivity contribution in [1.29, 1.82) is 0 Å². The number of nitro groups is 1. The van der Waals surface area contributed by atoms with Crippen molar-refractivity contribution in [1.82, 2.24) is 19.6 Å². The van der Waals surface area contributed by atoms with Crippen molar-refractivity contribution in [2.45, 2.75) is 19.5 Å². The minimum atomic E-state index is -4.46. The van der Waals surface area contributed by atoms with E-state index in [9.17, 15) is 32.5 Å². The van der Waals surface area contributed by atoms with Crippen LogP contribution < -0.4 is 10.1 Å². The van der Waals surface area contributed by atoms with Crippen molar-refractivity contribution in [3.05, 3.63) is 99.9 Å². The van der Waals surface area contributed by atoms with Crippen molar-refractivity contribution in [2.24, 2.45) is 0 Å². The second-order valence-electron chi connectivity index (χ2n) is 7.46. The van der Waals surface area contributed by atoms with Crippen LogP contribution in [0.15, 0.2) is 67.1 Å². The number of aromatic nitrogens is 4. The number of carbonyl (C=O) groups is 1. The molecule has 36 heavy (non-hydrogen) atoms. The topological polar surface area (TPSA) is 117 Å². The Morgan fingerprint density at radius 3 is 2.69 bits per heavy atom. The summed E-state index contributed by atoms with van der Waals surface area (Å²) in [5.41, 5.74) is -0.551. The Morgan fingerprint density at radius 1 is 1.14 bits per heavy atom.